The molecular formula is C9H11BrN2O. The second-order valence-corrected chi connectivity index (χ2v) is 3.99. The summed E-state index contributed by atoms with van der Waals surface area (Å²) < 4.78 is 0.941. The number of amides is 1. The SMILES string of the molecule is C[C@](N)(C(N)=O)c1ccc(Br)cc1. The molecule has 1 amide bonds. The molecule has 4 N–H and O–H groups in total. The van der Waals surface area contributed by atoms with Crippen molar-refractivity contribution in [3.8, 4) is 0 Å². The standard InChI is InChI=1S/C9H11BrN2O/c1-9(12,8(11)13)6-2-4-7(10)5-3-6/h2-5H,12H2,1H3,(H2,11,13)/t9-/m1/s1. The Kier molecular flexibility index (Phi) is 2.73. The highest BCUT2D eigenvalue weighted by atomic mass is 79.9. The maximum atomic E-state index is 11.0. The summed E-state index contributed by atoms with van der Waals surface area (Å²) in [6.45, 7) is 1.60. The van der Waals surface area contributed by atoms with Gasteiger partial charge in [0.1, 0.15) is 5.54 Å². The Bertz CT molecular complexity index is 319. The Balaban J connectivity index is 3.08. The van der Waals surface area contributed by atoms with Gasteiger partial charge in [0.2, 0.25) is 5.91 Å². The first kappa shape index (κ1) is 10.2. The molecule has 0 heterocycles. The van der Waals surface area contributed by atoms with E-state index in [-0.39, 0.29) is 0 Å². The van der Waals surface area contributed by atoms with Crippen molar-refractivity contribution < 1.29 is 4.79 Å². The lowest BCUT2D eigenvalue weighted by molar-refractivity contribution is -0.122. The second kappa shape index (κ2) is 3.47. The van der Waals surface area contributed by atoms with Crippen LogP contribution in [0.3, 0.4) is 0 Å². The molecule has 1 aromatic rings. The van der Waals surface area contributed by atoms with Gasteiger partial charge in [-0.2, -0.15) is 0 Å². The highest BCUT2D eigenvalue weighted by Gasteiger charge is 2.27. The molecule has 1 rings (SSSR count). The van der Waals surface area contributed by atoms with Gasteiger partial charge >= 0.3 is 0 Å². The number of rotatable bonds is 2. The maximum absolute atomic E-state index is 11.0. The molecule has 0 unspecified atom stereocenters. The van der Waals surface area contributed by atoms with Crippen LogP contribution in [-0.4, -0.2) is 5.91 Å². The van der Waals surface area contributed by atoms with Crippen LogP contribution in [0, 0.1) is 0 Å². The monoisotopic (exact) mass is 242 g/mol. The molecule has 4 heteroatoms. The van der Waals surface area contributed by atoms with Gasteiger partial charge in [-0.1, -0.05) is 28.1 Å². The van der Waals surface area contributed by atoms with Crippen molar-refractivity contribution in [1.29, 1.82) is 0 Å². The molecule has 0 fully saturated rings. The van der Waals surface area contributed by atoms with Gasteiger partial charge < -0.3 is 11.5 Å². The summed E-state index contributed by atoms with van der Waals surface area (Å²) in [6, 6.07) is 7.19. The van der Waals surface area contributed by atoms with E-state index in [1.807, 2.05) is 12.1 Å². The first-order chi connectivity index (χ1) is 5.94. The summed E-state index contributed by atoms with van der Waals surface area (Å²) in [4.78, 5) is 11.0. The van der Waals surface area contributed by atoms with Gasteiger partial charge in [-0.25, -0.2) is 0 Å². The van der Waals surface area contributed by atoms with E-state index in [2.05, 4.69) is 15.9 Å². The number of primary amides is 1. The number of benzene rings is 1. The van der Waals surface area contributed by atoms with Crippen LogP contribution in [0.15, 0.2) is 28.7 Å². The van der Waals surface area contributed by atoms with Crippen molar-refractivity contribution in [1.82, 2.24) is 0 Å². The third-order valence-electron chi connectivity index (χ3n) is 1.96. The minimum Gasteiger partial charge on any atom is -0.368 e. The van der Waals surface area contributed by atoms with Crippen molar-refractivity contribution in [2.45, 2.75) is 12.5 Å². The largest absolute Gasteiger partial charge is 0.368 e. The smallest absolute Gasteiger partial charge is 0.241 e. The molecule has 70 valence electrons. The molecule has 0 radical (unpaired) electrons. The summed E-state index contributed by atoms with van der Waals surface area (Å²) in [5, 5.41) is 0. The van der Waals surface area contributed by atoms with E-state index in [0.29, 0.717) is 5.56 Å². The van der Waals surface area contributed by atoms with Crippen LogP contribution in [-0.2, 0) is 10.3 Å². The van der Waals surface area contributed by atoms with Crippen LogP contribution in [0.4, 0.5) is 0 Å². The fourth-order valence-electron chi connectivity index (χ4n) is 0.938. The quantitative estimate of drug-likeness (QED) is 0.816. The van der Waals surface area contributed by atoms with Crippen LogP contribution in [0.5, 0.6) is 0 Å². The molecule has 0 aliphatic carbocycles. The summed E-state index contributed by atoms with van der Waals surface area (Å²) >= 11 is 3.29. The Morgan fingerprint density at radius 3 is 2.23 bits per heavy atom. The van der Waals surface area contributed by atoms with Gasteiger partial charge in [-0.15, -0.1) is 0 Å². The van der Waals surface area contributed by atoms with E-state index in [4.69, 9.17) is 11.5 Å². The van der Waals surface area contributed by atoms with Gasteiger partial charge in [0, 0.05) is 4.47 Å². The van der Waals surface area contributed by atoms with Crippen molar-refractivity contribution in [3.63, 3.8) is 0 Å². The maximum Gasteiger partial charge on any atom is 0.241 e. The van der Waals surface area contributed by atoms with E-state index in [1.54, 1.807) is 19.1 Å². The Morgan fingerprint density at radius 2 is 1.85 bits per heavy atom. The highest BCUT2D eigenvalue weighted by molar-refractivity contribution is 9.10. The van der Waals surface area contributed by atoms with Gasteiger partial charge in [0.15, 0.2) is 0 Å². The number of carbonyl (C=O) groups is 1. The predicted octanol–water partition coefficient (Wildman–Crippen LogP) is 1.11. The first-order valence-electron chi connectivity index (χ1n) is 3.79. The lowest BCUT2D eigenvalue weighted by atomic mass is 9.93. The van der Waals surface area contributed by atoms with Gasteiger partial charge in [0.05, 0.1) is 0 Å². The van der Waals surface area contributed by atoms with Crippen LogP contribution < -0.4 is 11.5 Å². The van der Waals surface area contributed by atoms with Crippen molar-refractivity contribution in [2.24, 2.45) is 11.5 Å². The van der Waals surface area contributed by atoms with Crippen LogP contribution in [0.1, 0.15) is 12.5 Å². The van der Waals surface area contributed by atoms with Crippen molar-refractivity contribution in [3.05, 3.63) is 34.3 Å². The zero-order valence-electron chi connectivity index (χ0n) is 7.25. The minimum absolute atomic E-state index is 0.533. The molecule has 0 saturated carbocycles. The average molecular weight is 243 g/mol. The zero-order valence-corrected chi connectivity index (χ0v) is 8.84. The molecule has 3 nitrogen and oxygen atoms in total. The molecule has 13 heavy (non-hydrogen) atoms. The summed E-state index contributed by atoms with van der Waals surface area (Å²) in [6.07, 6.45) is 0. The minimum atomic E-state index is -1.10. The molecule has 1 atom stereocenters. The Labute approximate surface area is 85.2 Å². The lowest BCUT2D eigenvalue weighted by Gasteiger charge is -2.20. The number of hydrogen-bond acceptors (Lipinski definition) is 2. The van der Waals surface area contributed by atoms with Gasteiger partial charge in [-0.05, 0) is 24.6 Å². The third kappa shape index (κ3) is 2.08. The van der Waals surface area contributed by atoms with E-state index in [1.165, 1.54) is 0 Å². The number of nitrogens with two attached hydrogens (primary N) is 2. The second-order valence-electron chi connectivity index (χ2n) is 3.07. The van der Waals surface area contributed by atoms with Crippen LogP contribution in [0.2, 0.25) is 0 Å². The fourth-order valence-corrected chi connectivity index (χ4v) is 1.20. The Hall–Kier alpha value is -0.870. The highest BCUT2D eigenvalue weighted by Crippen LogP contribution is 2.19. The average Bonchev–Trinajstić information content (AvgIpc) is 2.04. The zero-order chi connectivity index (χ0) is 10.1. The first-order valence-corrected chi connectivity index (χ1v) is 4.58. The molecule has 0 aliphatic heterocycles. The molecule has 0 spiro atoms. The molecule has 0 aliphatic rings. The van der Waals surface area contributed by atoms with Crippen molar-refractivity contribution in [2.75, 3.05) is 0 Å². The van der Waals surface area contributed by atoms with E-state index in [9.17, 15) is 4.79 Å². The van der Waals surface area contributed by atoms with Crippen LogP contribution in [0.25, 0.3) is 0 Å². The van der Waals surface area contributed by atoms with E-state index in [0.717, 1.165) is 4.47 Å². The number of halogens is 1. The van der Waals surface area contributed by atoms with Crippen LogP contribution >= 0.6 is 15.9 Å². The molecule has 1 aromatic carbocycles. The molecular weight excluding hydrogens is 232 g/mol. The van der Waals surface area contributed by atoms with E-state index < -0.39 is 11.4 Å². The fraction of sp³-hybridized carbons (Fsp3) is 0.222. The number of carbonyl (C=O) groups excluding carboxylic acids is 1. The summed E-state index contributed by atoms with van der Waals surface area (Å²) in [5.74, 6) is -0.533. The van der Waals surface area contributed by atoms with Gasteiger partial charge in [-0.3, -0.25) is 4.79 Å². The van der Waals surface area contributed by atoms with E-state index >= 15 is 0 Å². The summed E-state index contributed by atoms with van der Waals surface area (Å²) in [7, 11) is 0. The molecule has 0 saturated heterocycles. The molecule has 0 bridgehead atoms. The third-order valence-corrected chi connectivity index (χ3v) is 2.48. The molecule has 0 aromatic heterocycles. The Morgan fingerprint density at radius 1 is 1.38 bits per heavy atom. The lowest BCUT2D eigenvalue weighted by Crippen LogP contribution is -2.46. The normalized spacial score (nSPS) is 15.0. The number of hydrogen-bond donors (Lipinski definition) is 2. The topological polar surface area (TPSA) is 69.1 Å². The van der Waals surface area contributed by atoms with Crippen molar-refractivity contribution >= 4 is 21.8 Å². The predicted molar refractivity (Wildman–Crippen MR) is 54.9 cm³/mol. The van der Waals surface area contributed by atoms with Gasteiger partial charge in [0.25, 0.3) is 0 Å². The summed E-state index contributed by atoms with van der Waals surface area (Å²) in [5.41, 5.74) is 10.5.